The van der Waals surface area contributed by atoms with Gasteiger partial charge >= 0.3 is 5.97 Å². The summed E-state index contributed by atoms with van der Waals surface area (Å²) in [5.41, 5.74) is 4.72. The zero-order valence-electron chi connectivity index (χ0n) is 15.2. The van der Waals surface area contributed by atoms with Gasteiger partial charge in [-0.15, -0.1) is 0 Å². The lowest BCUT2D eigenvalue weighted by atomic mass is 9.97. The minimum absolute atomic E-state index is 0.0961. The van der Waals surface area contributed by atoms with Crippen molar-refractivity contribution in [2.75, 3.05) is 7.11 Å². The predicted octanol–water partition coefficient (Wildman–Crippen LogP) is 3.97. The van der Waals surface area contributed by atoms with Crippen molar-refractivity contribution >= 4 is 5.97 Å². The number of rotatable bonds is 4. The molecule has 0 saturated carbocycles. The number of methoxy groups -OCH3 is 1. The van der Waals surface area contributed by atoms with Crippen molar-refractivity contribution in [2.45, 2.75) is 20.4 Å². The highest BCUT2D eigenvalue weighted by atomic mass is 16.5. The van der Waals surface area contributed by atoms with Crippen molar-refractivity contribution in [3.8, 4) is 11.1 Å². The fourth-order valence-corrected chi connectivity index (χ4v) is 3.04. The van der Waals surface area contributed by atoms with Gasteiger partial charge < -0.3 is 9.30 Å². The molecule has 3 aromatic rings. The molecule has 0 aliphatic carbocycles. The van der Waals surface area contributed by atoms with Crippen LogP contribution in [-0.4, -0.2) is 17.6 Å². The van der Waals surface area contributed by atoms with E-state index in [1.54, 1.807) is 16.7 Å². The number of carbonyl (C=O) groups excluding carboxylic acids is 1. The molecule has 0 aliphatic rings. The zero-order valence-corrected chi connectivity index (χ0v) is 15.2. The Kier molecular flexibility index (Phi) is 5.03. The van der Waals surface area contributed by atoms with Crippen LogP contribution >= 0.6 is 0 Å². The van der Waals surface area contributed by atoms with Crippen molar-refractivity contribution in [1.82, 2.24) is 4.57 Å². The molecular weight excluding hydrogens is 326 g/mol. The van der Waals surface area contributed by atoms with Crippen LogP contribution in [0.4, 0.5) is 0 Å². The molecule has 0 spiro atoms. The minimum Gasteiger partial charge on any atom is -0.465 e. The molecule has 132 valence electrons. The molecule has 26 heavy (non-hydrogen) atoms. The van der Waals surface area contributed by atoms with E-state index in [9.17, 15) is 9.59 Å². The van der Waals surface area contributed by atoms with E-state index in [0.717, 1.165) is 22.4 Å². The number of aryl methyl sites for hydroxylation is 2. The van der Waals surface area contributed by atoms with Gasteiger partial charge in [-0.25, -0.2) is 4.79 Å². The van der Waals surface area contributed by atoms with Crippen LogP contribution in [0.25, 0.3) is 11.1 Å². The molecule has 0 saturated heterocycles. The Bertz CT molecular complexity index is 1000. The molecule has 1 heterocycles. The first-order valence-electron chi connectivity index (χ1n) is 8.44. The van der Waals surface area contributed by atoms with Gasteiger partial charge in [0, 0.05) is 11.8 Å². The number of esters is 1. The standard InChI is InChI=1S/C22H21NO3/c1-15-9-10-19(22(25)26-3)20(11-15)18-12-16(2)23(21(24)13-18)14-17-7-5-4-6-8-17/h4-13H,14H2,1-3H3. The third-order valence-electron chi connectivity index (χ3n) is 4.41. The van der Waals surface area contributed by atoms with E-state index in [0.29, 0.717) is 17.7 Å². The van der Waals surface area contributed by atoms with Crippen LogP contribution in [0.2, 0.25) is 0 Å². The fraction of sp³-hybridized carbons (Fsp3) is 0.182. The zero-order chi connectivity index (χ0) is 18.7. The molecule has 1 aromatic heterocycles. The van der Waals surface area contributed by atoms with Gasteiger partial charge in [0.05, 0.1) is 19.2 Å². The highest BCUT2D eigenvalue weighted by molar-refractivity contribution is 5.97. The average molecular weight is 347 g/mol. The molecule has 0 unspecified atom stereocenters. The fourth-order valence-electron chi connectivity index (χ4n) is 3.04. The van der Waals surface area contributed by atoms with Crippen LogP contribution in [0.3, 0.4) is 0 Å². The first-order chi connectivity index (χ1) is 12.5. The summed E-state index contributed by atoms with van der Waals surface area (Å²) in [5, 5.41) is 0. The molecule has 2 aromatic carbocycles. The molecule has 0 aliphatic heterocycles. The molecular formula is C22H21NO3. The summed E-state index contributed by atoms with van der Waals surface area (Å²) in [6, 6.07) is 18.9. The van der Waals surface area contributed by atoms with E-state index in [-0.39, 0.29) is 5.56 Å². The van der Waals surface area contributed by atoms with E-state index in [1.165, 1.54) is 7.11 Å². The molecule has 0 fully saturated rings. The van der Waals surface area contributed by atoms with E-state index in [1.807, 2.05) is 62.4 Å². The number of hydrogen-bond donors (Lipinski definition) is 0. The lowest BCUT2D eigenvalue weighted by molar-refractivity contribution is 0.0601. The van der Waals surface area contributed by atoms with Gasteiger partial charge in [-0.05, 0) is 42.7 Å². The summed E-state index contributed by atoms with van der Waals surface area (Å²) in [7, 11) is 1.36. The third-order valence-corrected chi connectivity index (χ3v) is 4.41. The number of ether oxygens (including phenoxy) is 1. The van der Waals surface area contributed by atoms with Crippen LogP contribution in [0.5, 0.6) is 0 Å². The highest BCUT2D eigenvalue weighted by Gasteiger charge is 2.15. The first kappa shape index (κ1) is 17.7. The molecule has 4 heteroatoms. The Labute approximate surface area is 152 Å². The van der Waals surface area contributed by atoms with Gasteiger partial charge in [0.15, 0.2) is 0 Å². The number of nitrogens with zero attached hydrogens (tertiary/aromatic N) is 1. The highest BCUT2D eigenvalue weighted by Crippen LogP contribution is 2.25. The van der Waals surface area contributed by atoms with Crippen LogP contribution in [0, 0.1) is 13.8 Å². The lowest BCUT2D eigenvalue weighted by Crippen LogP contribution is -2.22. The maximum atomic E-state index is 12.7. The van der Waals surface area contributed by atoms with Crippen molar-refractivity contribution in [3.63, 3.8) is 0 Å². The molecule has 4 nitrogen and oxygen atoms in total. The van der Waals surface area contributed by atoms with E-state index < -0.39 is 5.97 Å². The van der Waals surface area contributed by atoms with Crippen LogP contribution in [-0.2, 0) is 11.3 Å². The lowest BCUT2D eigenvalue weighted by Gasteiger charge is -2.14. The normalized spacial score (nSPS) is 10.6. The van der Waals surface area contributed by atoms with Crippen LogP contribution in [0.15, 0.2) is 65.5 Å². The number of benzene rings is 2. The smallest absolute Gasteiger partial charge is 0.338 e. The molecule has 0 atom stereocenters. The SMILES string of the molecule is COC(=O)c1ccc(C)cc1-c1cc(C)n(Cc2ccccc2)c(=O)c1. The Morgan fingerprint density at radius 2 is 1.73 bits per heavy atom. The molecule has 0 bridgehead atoms. The third kappa shape index (κ3) is 3.59. The van der Waals surface area contributed by atoms with Gasteiger partial charge in [0.25, 0.3) is 5.56 Å². The van der Waals surface area contributed by atoms with Gasteiger partial charge in [0.1, 0.15) is 0 Å². The summed E-state index contributed by atoms with van der Waals surface area (Å²) in [5.74, 6) is -0.411. The Morgan fingerprint density at radius 3 is 2.38 bits per heavy atom. The van der Waals surface area contributed by atoms with Gasteiger partial charge in [-0.2, -0.15) is 0 Å². The van der Waals surface area contributed by atoms with Gasteiger partial charge in [-0.3, -0.25) is 4.79 Å². The quantitative estimate of drug-likeness (QED) is 0.671. The van der Waals surface area contributed by atoms with Gasteiger partial charge in [0.2, 0.25) is 0 Å². The van der Waals surface area contributed by atoms with Gasteiger partial charge in [-0.1, -0.05) is 48.0 Å². The number of pyridine rings is 1. The number of hydrogen-bond acceptors (Lipinski definition) is 3. The Morgan fingerprint density at radius 1 is 1.00 bits per heavy atom. The van der Waals surface area contributed by atoms with Crippen molar-refractivity contribution in [1.29, 1.82) is 0 Å². The van der Waals surface area contributed by atoms with E-state index >= 15 is 0 Å². The predicted molar refractivity (Wildman–Crippen MR) is 102 cm³/mol. The maximum Gasteiger partial charge on any atom is 0.338 e. The molecule has 0 N–H and O–H groups in total. The second kappa shape index (κ2) is 7.40. The van der Waals surface area contributed by atoms with Crippen molar-refractivity contribution in [2.24, 2.45) is 0 Å². The Hall–Kier alpha value is -3.14. The minimum atomic E-state index is -0.411. The average Bonchev–Trinajstić information content (AvgIpc) is 2.64. The molecule has 3 rings (SSSR count). The number of carbonyl (C=O) groups is 1. The second-order valence-corrected chi connectivity index (χ2v) is 6.34. The van der Waals surface area contributed by atoms with Crippen LogP contribution in [0.1, 0.15) is 27.2 Å². The van der Waals surface area contributed by atoms with Crippen molar-refractivity contribution < 1.29 is 9.53 Å². The van der Waals surface area contributed by atoms with Crippen molar-refractivity contribution in [3.05, 3.63) is 93.4 Å². The van der Waals surface area contributed by atoms with E-state index in [2.05, 4.69) is 0 Å². The van der Waals surface area contributed by atoms with E-state index in [4.69, 9.17) is 4.74 Å². The molecule has 0 amide bonds. The summed E-state index contributed by atoms with van der Waals surface area (Å²) in [4.78, 5) is 24.8. The summed E-state index contributed by atoms with van der Waals surface area (Å²) >= 11 is 0. The summed E-state index contributed by atoms with van der Waals surface area (Å²) in [6.45, 7) is 4.37. The maximum absolute atomic E-state index is 12.7. The first-order valence-corrected chi connectivity index (χ1v) is 8.44. The Balaban J connectivity index is 2.08. The largest absolute Gasteiger partial charge is 0.465 e. The summed E-state index contributed by atoms with van der Waals surface area (Å²) in [6.07, 6.45) is 0. The number of aromatic nitrogens is 1. The second-order valence-electron chi connectivity index (χ2n) is 6.34. The molecule has 0 radical (unpaired) electrons. The monoisotopic (exact) mass is 347 g/mol. The van der Waals surface area contributed by atoms with Crippen LogP contribution < -0.4 is 5.56 Å². The summed E-state index contributed by atoms with van der Waals surface area (Å²) < 4.78 is 6.61. The topological polar surface area (TPSA) is 48.3 Å².